The van der Waals surface area contributed by atoms with Crippen LogP contribution in [0.2, 0.25) is 0 Å². The summed E-state index contributed by atoms with van der Waals surface area (Å²) in [5.41, 5.74) is 1.41. The zero-order valence-corrected chi connectivity index (χ0v) is 13.5. The molecule has 0 aliphatic rings. The molecule has 4 heteroatoms. The lowest BCUT2D eigenvalue weighted by Gasteiger charge is -2.26. The molecule has 122 valence electrons. The summed E-state index contributed by atoms with van der Waals surface area (Å²) in [5, 5.41) is 2.95. The fourth-order valence-corrected chi connectivity index (χ4v) is 2.24. The molecule has 0 unspecified atom stereocenters. The number of ether oxygens (including phenoxy) is 1. The van der Waals surface area contributed by atoms with E-state index in [2.05, 4.69) is 5.32 Å². The third-order valence-electron chi connectivity index (χ3n) is 3.33. The van der Waals surface area contributed by atoms with Crippen LogP contribution in [0.5, 0.6) is 0 Å². The quantitative estimate of drug-likeness (QED) is 0.849. The van der Waals surface area contributed by atoms with Crippen LogP contribution in [0.1, 0.15) is 25.0 Å². The molecule has 3 nitrogen and oxygen atoms in total. The van der Waals surface area contributed by atoms with Crippen molar-refractivity contribution in [3.63, 3.8) is 0 Å². The van der Waals surface area contributed by atoms with E-state index in [0.717, 1.165) is 11.1 Å². The average molecular weight is 315 g/mol. The average Bonchev–Trinajstić information content (AvgIpc) is 2.50. The predicted molar refractivity (Wildman–Crippen MR) is 88.4 cm³/mol. The molecule has 0 aliphatic carbocycles. The Morgan fingerprint density at radius 1 is 1.04 bits per heavy atom. The summed E-state index contributed by atoms with van der Waals surface area (Å²) in [7, 11) is 0. The highest BCUT2D eigenvalue weighted by Gasteiger charge is 2.20. The van der Waals surface area contributed by atoms with Gasteiger partial charge >= 0.3 is 0 Å². The Morgan fingerprint density at radius 3 is 2.35 bits per heavy atom. The summed E-state index contributed by atoms with van der Waals surface area (Å²) in [4.78, 5) is 12.1. The molecule has 0 heterocycles. The number of halogens is 1. The van der Waals surface area contributed by atoms with Crippen LogP contribution in [0.15, 0.2) is 54.6 Å². The highest BCUT2D eigenvalue weighted by atomic mass is 19.1. The van der Waals surface area contributed by atoms with Crippen LogP contribution in [0.25, 0.3) is 0 Å². The number of hydrogen-bond acceptors (Lipinski definition) is 2. The summed E-state index contributed by atoms with van der Waals surface area (Å²) in [5.74, 6) is -0.409. The van der Waals surface area contributed by atoms with Crippen molar-refractivity contribution in [3.05, 3.63) is 71.5 Å². The van der Waals surface area contributed by atoms with Crippen LogP contribution in [0.4, 0.5) is 4.39 Å². The van der Waals surface area contributed by atoms with Gasteiger partial charge in [-0.15, -0.1) is 0 Å². The van der Waals surface area contributed by atoms with Gasteiger partial charge < -0.3 is 10.1 Å². The van der Waals surface area contributed by atoms with Gasteiger partial charge in [-0.3, -0.25) is 4.79 Å². The smallest absolute Gasteiger partial charge is 0.224 e. The molecule has 0 spiro atoms. The minimum Gasteiger partial charge on any atom is -0.374 e. The van der Waals surface area contributed by atoms with Crippen molar-refractivity contribution in [2.24, 2.45) is 0 Å². The van der Waals surface area contributed by atoms with Crippen molar-refractivity contribution in [3.8, 4) is 0 Å². The lowest BCUT2D eigenvalue weighted by atomic mass is 10.1. The molecule has 2 rings (SSSR count). The Hall–Kier alpha value is -2.20. The molecule has 0 aromatic heterocycles. The maximum atomic E-state index is 12.9. The molecule has 2 aromatic rings. The number of benzene rings is 2. The van der Waals surface area contributed by atoms with Crippen molar-refractivity contribution in [1.29, 1.82) is 0 Å². The summed E-state index contributed by atoms with van der Waals surface area (Å²) in [6, 6.07) is 15.8. The number of amides is 1. The summed E-state index contributed by atoms with van der Waals surface area (Å²) in [6.07, 6.45) is 0.225. The zero-order valence-electron chi connectivity index (χ0n) is 13.5. The second-order valence-corrected chi connectivity index (χ2v) is 6.21. The monoisotopic (exact) mass is 315 g/mol. The molecule has 1 amide bonds. The third-order valence-corrected chi connectivity index (χ3v) is 3.33. The highest BCUT2D eigenvalue weighted by Crippen LogP contribution is 2.09. The predicted octanol–water partition coefficient (Wildman–Crippen LogP) is 3.48. The third kappa shape index (κ3) is 6.20. The number of carbonyl (C=O) groups is 1. The Labute approximate surface area is 136 Å². The summed E-state index contributed by atoms with van der Waals surface area (Å²) >= 11 is 0. The van der Waals surface area contributed by atoms with E-state index in [1.807, 2.05) is 44.2 Å². The maximum absolute atomic E-state index is 12.9. The Bertz CT molecular complexity index is 624. The minimum absolute atomic E-state index is 0.107. The van der Waals surface area contributed by atoms with Gasteiger partial charge in [0.2, 0.25) is 5.91 Å². The second kappa shape index (κ2) is 7.88. The molecular weight excluding hydrogens is 293 g/mol. The summed E-state index contributed by atoms with van der Waals surface area (Å²) in [6.45, 7) is 4.76. The lowest BCUT2D eigenvalue weighted by molar-refractivity contribution is -0.122. The highest BCUT2D eigenvalue weighted by molar-refractivity contribution is 5.79. The van der Waals surface area contributed by atoms with Gasteiger partial charge in [-0.1, -0.05) is 42.5 Å². The van der Waals surface area contributed by atoms with Crippen LogP contribution in [-0.2, 0) is 22.6 Å². The van der Waals surface area contributed by atoms with E-state index < -0.39 is 5.54 Å². The van der Waals surface area contributed by atoms with Gasteiger partial charge in [-0.2, -0.15) is 0 Å². The molecule has 0 saturated carbocycles. The molecule has 0 bridgehead atoms. The van der Waals surface area contributed by atoms with E-state index in [1.54, 1.807) is 12.1 Å². The Balaban J connectivity index is 1.78. The van der Waals surface area contributed by atoms with Gasteiger partial charge in [-0.25, -0.2) is 4.39 Å². The largest absolute Gasteiger partial charge is 0.374 e. The van der Waals surface area contributed by atoms with Crippen LogP contribution in [0.3, 0.4) is 0 Å². The number of hydrogen-bond donors (Lipinski definition) is 1. The molecule has 0 atom stereocenters. The van der Waals surface area contributed by atoms with E-state index in [0.29, 0.717) is 13.2 Å². The molecular formula is C19H22FNO2. The van der Waals surface area contributed by atoms with Crippen molar-refractivity contribution in [1.82, 2.24) is 5.32 Å². The Morgan fingerprint density at radius 2 is 1.70 bits per heavy atom. The molecule has 1 N–H and O–H groups in total. The van der Waals surface area contributed by atoms with E-state index in [4.69, 9.17) is 4.74 Å². The van der Waals surface area contributed by atoms with E-state index in [1.165, 1.54) is 12.1 Å². The fourth-order valence-electron chi connectivity index (χ4n) is 2.24. The SMILES string of the molecule is CC(C)(COCc1ccccc1)NC(=O)Cc1ccc(F)cc1. The van der Waals surface area contributed by atoms with Gasteiger partial charge in [0.25, 0.3) is 0 Å². The fraction of sp³-hybridized carbons (Fsp3) is 0.316. The first-order valence-corrected chi connectivity index (χ1v) is 7.62. The maximum Gasteiger partial charge on any atom is 0.224 e. The number of rotatable bonds is 7. The van der Waals surface area contributed by atoms with Gasteiger partial charge in [0.05, 0.1) is 25.2 Å². The molecule has 0 radical (unpaired) electrons. The minimum atomic E-state index is -0.466. The first-order chi connectivity index (χ1) is 10.9. The van der Waals surface area contributed by atoms with Crippen LogP contribution < -0.4 is 5.32 Å². The normalized spacial score (nSPS) is 11.3. The summed E-state index contributed by atoms with van der Waals surface area (Å²) < 4.78 is 18.5. The van der Waals surface area contributed by atoms with Crippen molar-refractivity contribution >= 4 is 5.91 Å². The second-order valence-electron chi connectivity index (χ2n) is 6.21. The lowest BCUT2D eigenvalue weighted by Crippen LogP contribution is -2.47. The topological polar surface area (TPSA) is 38.3 Å². The van der Waals surface area contributed by atoms with Crippen LogP contribution in [0, 0.1) is 5.82 Å². The van der Waals surface area contributed by atoms with Gasteiger partial charge in [-0.05, 0) is 37.1 Å². The van der Waals surface area contributed by atoms with Crippen molar-refractivity contribution in [2.45, 2.75) is 32.4 Å². The molecule has 0 saturated heterocycles. The standard InChI is InChI=1S/C19H22FNO2/c1-19(2,14-23-13-16-6-4-3-5-7-16)21-18(22)12-15-8-10-17(20)11-9-15/h3-11H,12-14H2,1-2H3,(H,21,22). The first-order valence-electron chi connectivity index (χ1n) is 7.62. The number of nitrogens with one attached hydrogen (secondary N) is 1. The number of carbonyl (C=O) groups excluding carboxylic acids is 1. The molecule has 2 aromatic carbocycles. The van der Waals surface area contributed by atoms with Gasteiger partial charge in [0.15, 0.2) is 0 Å². The van der Waals surface area contributed by atoms with Gasteiger partial charge in [0.1, 0.15) is 5.82 Å². The van der Waals surface area contributed by atoms with Gasteiger partial charge in [0, 0.05) is 0 Å². The zero-order chi connectivity index (χ0) is 16.7. The van der Waals surface area contributed by atoms with E-state index >= 15 is 0 Å². The van der Waals surface area contributed by atoms with Crippen LogP contribution in [-0.4, -0.2) is 18.1 Å². The molecule has 0 aliphatic heterocycles. The molecule has 0 fully saturated rings. The Kier molecular flexibility index (Phi) is 5.88. The van der Waals surface area contributed by atoms with Crippen LogP contribution >= 0.6 is 0 Å². The van der Waals surface area contributed by atoms with Crippen molar-refractivity contribution < 1.29 is 13.9 Å². The first kappa shape index (κ1) is 17.2. The van der Waals surface area contributed by atoms with E-state index in [9.17, 15) is 9.18 Å². The molecule has 23 heavy (non-hydrogen) atoms. The van der Waals surface area contributed by atoms with E-state index in [-0.39, 0.29) is 18.1 Å². The van der Waals surface area contributed by atoms with Crippen molar-refractivity contribution in [2.75, 3.05) is 6.61 Å².